The molecule has 1 aliphatic heterocycles. The van der Waals surface area contributed by atoms with Crippen molar-refractivity contribution >= 4 is 29.6 Å². The number of anilines is 2. The Balaban J connectivity index is 2.14. The van der Waals surface area contributed by atoms with Crippen LogP contribution in [-0.4, -0.2) is 73.8 Å². The van der Waals surface area contributed by atoms with Crippen molar-refractivity contribution in [1.82, 2.24) is 9.80 Å². The molecule has 0 atom stereocenters. The number of aryl methyl sites for hydroxylation is 1. The maximum absolute atomic E-state index is 12.7. The zero-order chi connectivity index (χ0) is 20.0. The van der Waals surface area contributed by atoms with Gasteiger partial charge in [0.1, 0.15) is 6.54 Å². The number of carbonyl (C=O) groups is 3. The Bertz CT molecular complexity index is 680. The molecule has 7 nitrogen and oxygen atoms in total. The molecule has 1 aromatic carbocycles. The van der Waals surface area contributed by atoms with Crippen molar-refractivity contribution < 1.29 is 14.4 Å². The first-order chi connectivity index (χ1) is 12.9. The van der Waals surface area contributed by atoms with Crippen molar-refractivity contribution in [3.63, 3.8) is 0 Å². The highest BCUT2D eigenvalue weighted by Crippen LogP contribution is 2.26. The van der Waals surface area contributed by atoms with E-state index in [0.717, 1.165) is 36.4 Å². The van der Waals surface area contributed by atoms with E-state index in [1.807, 2.05) is 19.1 Å². The molecule has 0 radical (unpaired) electrons. The first kappa shape index (κ1) is 20.7. The minimum absolute atomic E-state index is 0.0158. The van der Waals surface area contributed by atoms with E-state index < -0.39 is 0 Å². The molecule has 0 N–H and O–H groups in total. The van der Waals surface area contributed by atoms with E-state index in [4.69, 9.17) is 0 Å². The van der Waals surface area contributed by atoms with Crippen LogP contribution < -0.4 is 9.80 Å². The summed E-state index contributed by atoms with van der Waals surface area (Å²) in [6.07, 6.45) is 0.810. The Morgan fingerprint density at radius 3 is 2.22 bits per heavy atom. The third-order valence-corrected chi connectivity index (χ3v) is 5.09. The summed E-state index contributed by atoms with van der Waals surface area (Å²) in [5.74, 6) is -0.253. The van der Waals surface area contributed by atoms with Gasteiger partial charge in [0.15, 0.2) is 0 Å². The van der Waals surface area contributed by atoms with Crippen LogP contribution in [0.3, 0.4) is 0 Å². The Morgan fingerprint density at radius 2 is 1.74 bits per heavy atom. The molecule has 0 saturated carbocycles. The Morgan fingerprint density at radius 1 is 1.11 bits per heavy atom. The molecule has 7 heteroatoms. The minimum Gasteiger partial charge on any atom is -0.372 e. The fourth-order valence-corrected chi connectivity index (χ4v) is 3.41. The Labute approximate surface area is 161 Å². The lowest BCUT2D eigenvalue weighted by Crippen LogP contribution is -2.51. The predicted octanol–water partition coefficient (Wildman–Crippen LogP) is 1.49. The first-order valence-electron chi connectivity index (χ1n) is 9.52. The van der Waals surface area contributed by atoms with Crippen molar-refractivity contribution in [3.8, 4) is 0 Å². The van der Waals surface area contributed by atoms with Crippen LogP contribution >= 0.6 is 0 Å². The van der Waals surface area contributed by atoms with Gasteiger partial charge in [-0.25, -0.2) is 0 Å². The highest BCUT2D eigenvalue weighted by molar-refractivity contribution is 5.98. The predicted molar refractivity (Wildman–Crippen MR) is 107 cm³/mol. The van der Waals surface area contributed by atoms with Crippen LogP contribution in [0, 0.1) is 6.92 Å². The van der Waals surface area contributed by atoms with Gasteiger partial charge in [0.05, 0.1) is 0 Å². The molecule has 27 heavy (non-hydrogen) atoms. The lowest BCUT2D eigenvalue weighted by molar-refractivity contribution is -0.134. The first-order valence-corrected chi connectivity index (χ1v) is 9.52. The number of nitrogens with zero attached hydrogens (tertiary/aromatic N) is 4. The van der Waals surface area contributed by atoms with Gasteiger partial charge >= 0.3 is 0 Å². The molecule has 148 valence electrons. The number of benzene rings is 1. The van der Waals surface area contributed by atoms with E-state index >= 15 is 0 Å². The summed E-state index contributed by atoms with van der Waals surface area (Å²) in [6, 6.07) is 5.98. The van der Waals surface area contributed by atoms with Crippen molar-refractivity contribution in [1.29, 1.82) is 0 Å². The van der Waals surface area contributed by atoms with E-state index in [-0.39, 0.29) is 18.4 Å². The monoisotopic (exact) mass is 374 g/mol. The molecule has 0 aromatic heterocycles. The smallest absolute Gasteiger partial charge is 0.242 e. The normalized spacial score (nSPS) is 14.1. The molecule has 0 spiro atoms. The summed E-state index contributed by atoms with van der Waals surface area (Å²) in [4.78, 5) is 42.9. The topological polar surface area (TPSA) is 64.2 Å². The second-order valence-electron chi connectivity index (χ2n) is 6.77. The fourth-order valence-electron chi connectivity index (χ4n) is 3.41. The van der Waals surface area contributed by atoms with Gasteiger partial charge in [-0.2, -0.15) is 0 Å². The summed E-state index contributed by atoms with van der Waals surface area (Å²) < 4.78 is 0. The van der Waals surface area contributed by atoms with E-state index in [1.54, 1.807) is 9.80 Å². The van der Waals surface area contributed by atoms with Gasteiger partial charge in [-0.1, -0.05) is 0 Å². The summed E-state index contributed by atoms with van der Waals surface area (Å²) in [7, 11) is 0. The molecule has 0 unspecified atom stereocenters. The maximum Gasteiger partial charge on any atom is 0.242 e. The lowest BCUT2D eigenvalue weighted by atomic mass is 10.1. The fraction of sp³-hybridized carbons (Fsp3) is 0.550. The summed E-state index contributed by atoms with van der Waals surface area (Å²) >= 11 is 0. The number of hydrogen-bond donors (Lipinski definition) is 0. The molecule has 1 fully saturated rings. The summed E-state index contributed by atoms with van der Waals surface area (Å²) in [5.41, 5.74) is 2.84. The number of carbonyl (C=O) groups excluding carboxylic acids is 3. The SMILES string of the molecule is CCN(CC)c1ccc(N(CC(=O)N2CCN(C=O)CC2)C(C)=O)c(C)c1. The molecule has 0 bridgehead atoms. The van der Waals surface area contributed by atoms with Gasteiger partial charge in [0.25, 0.3) is 0 Å². The van der Waals surface area contributed by atoms with Gasteiger partial charge in [0, 0.05) is 57.6 Å². The zero-order valence-corrected chi connectivity index (χ0v) is 16.8. The number of rotatable bonds is 7. The van der Waals surface area contributed by atoms with Crippen LogP contribution in [0.25, 0.3) is 0 Å². The Hall–Kier alpha value is -2.57. The summed E-state index contributed by atoms with van der Waals surface area (Å²) in [6.45, 7) is 11.6. The van der Waals surface area contributed by atoms with E-state index in [0.29, 0.717) is 26.2 Å². The third-order valence-electron chi connectivity index (χ3n) is 5.09. The molecule has 1 aromatic rings. The molecule has 0 aliphatic carbocycles. The number of piperazine rings is 1. The van der Waals surface area contributed by atoms with Crippen LogP contribution in [0.5, 0.6) is 0 Å². The quantitative estimate of drug-likeness (QED) is 0.679. The van der Waals surface area contributed by atoms with Crippen LogP contribution in [-0.2, 0) is 14.4 Å². The van der Waals surface area contributed by atoms with E-state index in [2.05, 4.69) is 24.8 Å². The number of hydrogen-bond acceptors (Lipinski definition) is 4. The second kappa shape index (κ2) is 9.39. The molecule has 1 aliphatic rings. The van der Waals surface area contributed by atoms with Crippen LogP contribution in [0.2, 0.25) is 0 Å². The maximum atomic E-state index is 12.7. The van der Waals surface area contributed by atoms with E-state index in [1.165, 1.54) is 11.8 Å². The average Bonchev–Trinajstić information content (AvgIpc) is 2.67. The largest absolute Gasteiger partial charge is 0.372 e. The standard InChI is InChI=1S/C20H30N4O3/c1-5-22(6-2)18-7-8-19(16(3)13-18)24(17(4)26)14-20(27)23-11-9-21(15-25)10-12-23/h7-8,13,15H,5-6,9-12,14H2,1-4H3. The van der Waals surface area contributed by atoms with Crippen LogP contribution in [0.15, 0.2) is 18.2 Å². The second-order valence-corrected chi connectivity index (χ2v) is 6.77. The summed E-state index contributed by atoms with van der Waals surface area (Å²) in [5, 5.41) is 0. The lowest BCUT2D eigenvalue weighted by Gasteiger charge is -2.34. The van der Waals surface area contributed by atoms with Crippen molar-refractivity contribution in [2.24, 2.45) is 0 Å². The molecular weight excluding hydrogens is 344 g/mol. The zero-order valence-electron chi connectivity index (χ0n) is 16.8. The van der Waals surface area contributed by atoms with Crippen LogP contribution in [0.1, 0.15) is 26.3 Å². The highest BCUT2D eigenvalue weighted by Gasteiger charge is 2.24. The van der Waals surface area contributed by atoms with Gasteiger partial charge < -0.3 is 19.6 Å². The molecule has 1 heterocycles. The van der Waals surface area contributed by atoms with Crippen LogP contribution in [0.4, 0.5) is 11.4 Å². The molecule has 1 saturated heterocycles. The van der Waals surface area contributed by atoms with Gasteiger partial charge in [0.2, 0.25) is 18.2 Å². The van der Waals surface area contributed by atoms with Gasteiger partial charge in [-0.3, -0.25) is 14.4 Å². The third kappa shape index (κ3) is 4.99. The molecule has 2 rings (SSSR count). The highest BCUT2D eigenvalue weighted by atomic mass is 16.2. The molecular formula is C20H30N4O3. The van der Waals surface area contributed by atoms with E-state index in [9.17, 15) is 14.4 Å². The minimum atomic E-state index is -0.159. The number of amides is 3. The van der Waals surface area contributed by atoms with Crippen molar-refractivity contribution in [2.75, 3.05) is 55.6 Å². The van der Waals surface area contributed by atoms with Gasteiger partial charge in [-0.15, -0.1) is 0 Å². The Kier molecular flexibility index (Phi) is 7.21. The van der Waals surface area contributed by atoms with Gasteiger partial charge in [-0.05, 0) is 44.5 Å². The van der Waals surface area contributed by atoms with Crippen molar-refractivity contribution in [3.05, 3.63) is 23.8 Å². The average molecular weight is 374 g/mol. The van der Waals surface area contributed by atoms with Crippen molar-refractivity contribution in [2.45, 2.75) is 27.7 Å². The molecule has 3 amide bonds.